The van der Waals surface area contributed by atoms with Gasteiger partial charge in [-0.1, -0.05) is 5.16 Å². The lowest BCUT2D eigenvalue weighted by Gasteiger charge is -2.28. The molecule has 0 bridgehead atoms. The first-order valence-corrected chi connectivity index (χ1v) is 8.42. The summed E-state index contributed by atoms with van der Waals surface area (Å²) in [4.78, 5) is 26.4. The van der Waals surface area contributed by atoms with Gasteiger partial charge in [-0.2, -0.15) is 0 Å². The highest BCUT2D eigenvalue weighted by molar-refractivity contribution is 6.39. The van der Waals surface area contributed by atoms with Crippen molar-refractivity contribution in [1.29, 1.82) is 0 Å². The van der Waals surface area contributed by atoms with E-state index >= 15 is 0 Å². The molecule has 3 rings (SSSR count). The fourth-order valence-corrected chi connectivity index (χ4v) is 3.16. The molecule has 2 aromatic rings. The van der Waals surface area contributed by atoms with Crippen LogP contribution in [0.4, 0.5) is 5.82 Å². The predicted octanol–water partition coefficient (Wildman–Crippen LogP) is 1.21. The second-order valence-electron chi connectivity index (χ2n) is 6.29. The highest BCUT2D eigenvalue weighted by atomic mass is 16.5. The maximum Gasteiger partial charge on any atom is 0.314 e. The van der Waals surface area contributed by atoms with Gasteiger partial charge in [0.05, 0.1) is 6.04 Å². The predicted molar refractivity (Wildman–Crippen MR) is 91.8 cm³/mol. The zero-order chi connectivity index (χ0) is 17.8. The fourth-order valence-electron chi connectivity index (χ4n) is 3.16. The number of anilines is 1. The highest BCUT2D eigenvalue weighted by Crippen LogP contribution is 2.24. The summed E-state index contributed by atoms with van der Waals surface area (Å²) in [7, 11) is 1.99. The first-order valence-electron chi connectivity index (χ1n) is 8.42. The molecule has 0 aliphatic carbocycles. The van der Waals surface area contributed by atoms with Gasteiger partial charge in [-0.3, -0.25) is 19.8 Å². The molecule has 134 valence electrons. The van der Waals surface area contributed by atoms with Gasteiger partial charge >= 0.3 is 11.8 Å². The Bertz CT molecular complexity index is 745. The van der Waals surface area contributed by atoms with Crippen molar-refractivity contribution in [2.24, 2.45) is 7.05 Å². The summed E-state index contributed by atoms with van der Waals surface area (Å²) in [6.45, 7) is 4.08. The lowest BCUT2D eigenvalue weighted by molar-refractivity contribution is -0.136. The Balaban J connectivity index is 1.61. The number of hydrogen-bond acceptors (Lipinski definition) is 5. The second-order valence-corrected chi connectivity index (χ2v) is 6.29. The van der Waals surface area contributed by atoms with Crippen LogP contribution in [-0.2, 0) is 16.6 Å². The van der Waals surface area contributed by atoms with Crippen LogP contribution in [0.25, 0.3) is 0 Å². The van der Waals surface area contributed by atoms with E-state index in [0.29, 0.717) is 12.3 Å². The van der Waals surface area contributed by atoms with E-state index in [1.165, 1.54) is 0 Å². The highest BCUT2D eigenvalue weighted by Gasteiger charge is 2.26. The number of likely N-dealkylation sites (tertiary alicyclic amines) is 1. The number of amides is 2. The third-order valence-electron chi connectivity index (χ3n) is 4.44. The van der Waals surface area contributed by atoms with Gasteiger partial charge in [-0.25, -0.2) is 0 Å². The first kappa shape index (κ1) is 17.2. The molecule has 1 aliphatic rings. The molecule has 1 atom stereocenters. The van der Waals surface area contributed by atoms with Crippen LogP contribution in [-0.4, -0.2) is 46.1 Å². The van der Waals surface area contributed by atoms with E-state index in [9.17, 15) is 9.59 Å². The number of nitrogens with zero attached hydrogens (tertiary/aromatic N) is 3. The van der Waals surface area contributed by atoms with Gasteiger partial charge in [0.25, 0.3) is 0 Å². The summed E-state index contributed by atoms with van der Waals surface area (Å²) in [5, 5.41) is 8.82. The standard InChI is InChI=1S/C17H23N5O3/c1-12-10-15(20-25-12)19-17(24)16(23)18-11-14(22-8-3-4-9-22)13-6-5-7-21(13)2/h5-7,10,14H,3-4,8-9,11H2,1-2H3,(H,18,23)(H,19,20,24)/t14-/m0/s1. The number of aromatic nitrogens is 2. The molecule has 8 heteroatoms. The van der Waals surface area contributed by atoms with Crippen molar-refractivity contribution in [2.45, 2.75) is 25.8 Å². The van der Waals surface area contributed by atoms with Crippen LogP contribution in [0.1, 0.15) is 30.3 Å². The molecule has 25 heavy (non-hydrogen) atoms. The minimum absolute atomic E-state index is 0.0496. The third-order valence-corrected chi connectivity index (χ3v) is 4.44. The second kappa shape index (κ2) is 7.52. The van der Waals surface area contributed by atoms with Crippen molar-refractivity contribution in [3.8, 4) is 0 Å². The van der Waals surface area contributed by atoms with Crippen LogP contribution in [0.5, 0.6) is 0 Å². The molecule has 1 saturated heterocycles. The zero-order valence-corrected chi connectivity index (χ0v) is 14.5. The van der Waals surface area contributed by atoms with E-state index in [1.54, 1.807) is 13.0 Å². The van der Waals surface area contributed by atoms with E-state index in [0.717, 1.165) is 31.6 Å². The van der Waals surface area contributed by atoms with Gasteiger partial charge in [-0.05, 0) is 45.0 Å². The Kier molecular flexibility index (Phi) is 5.18. The average molecular weight is 345 g/mol. The van der Waals surface area contributed by atoms with Crippen LogP contribution < -0.4 is 10.6 Å². The first-order chi connectivity index (χ1) is 12.0. The molecule has 2 aromatic heterocycles. The summed E-state index contributed by atoms with van der Waals surface area (Å²) in [5.41, 5.74) is 1.12. The molecule has 0 unspecified atom stereocenters. The largest absolute Gasteiger partial charge is 0.360 e. The van der Waals surface area contributed by atoms with Crippen molar-refractivity contribution in [3.05, 3.63) is 35.9 Å². The van der Waals surface area contributed by atoms with Crippen LogP contribution in [0.3, 0.4) is 0 Å². The molecule has 2 N–H and O–H groups in total. The van der Waals surface area contributed by atoms with Crippen molar-refractivity contribution in [1.82, 2.24) is 19.9 Å². The minimum Gasteiger partial charge on any atom is -0.360 e. The molecular formula is C17H23N5O3. The van der Waals surface area contributed by atoms with E-state index in [4.69, 9.17) is 4.52 Å². The topological polar surface area (TPSA) is 92.4 Å². The molecular weight excluding hydrogens is 322 g/mol. The number of rotatable bonds is 5. The number of aryl methyl sites for hydroxylation is 2. The number of carbonyl (C=O) groups is 2. The quantitative estimate of drug-likeness (QED) is 0.795. The minimum atomic E-state index is -0.750. The molecule has 0 saturated carbocycles. The monoisotopic (exact) mass is 345 g/mol. The summed E-state index contributed by atoms with van der Waals surface area (Å²) in [5.74, 6) is -0.635. The van der Waals surface area contributed by atoms with Gasteiger partial charge in [0.2, 0.25) is 0 Å². The summed E-state index contributed by atoms with van der Waals surface area (Å²) in [6.07, 6.45) is 4.29. The van der Waals surface area contributed by atoms with Crippen molar-refractivity contribution < 1.29 is 14.1 Å². The third kappa shape index (κ3) is 4.08. The lowest BCUT2D eigenvalue weighted by Crippen LogP contribution is -2.41. The van der Waals surface area contributed by atoms with E-state index in [2.05, 4.69) is 20.7 Å². The zero-order valence-electron chi connectivity index (χ0n) is 14.5. The maximum atomic E-state index is 12.1. The number of carbonyl (C=O) groups excluding carboxylic acids is 2. The molecule has 3 heterocycles. The van der Waals surface area contributed by atoms with Gasteiger partial charge in [0.1, 0.15) is 5.76 Å². The van der Waals surface area contributed by atoms with E-state index < -0.39 is 11.8 Å². The van der Waals surface area contributed by atoms with Crippen LogP contribution in [0, 0.1) is 6.92 Å². The van der Waals surface area contributed by atoms with Gasteiger partial charge in [-0.15, -0.1) is 0 Å². The Morgan fingerprint density at radius 2 is 2.08 bits per heavy atom. The number of hydrogen-bond donors (Lipinski definition) is 2. The Morgan fingerprint density at radius 3 is 2.68 bits per heavy atom. The van der Waals surface area contributed by atoms with Gasteiger partial charge in [0, 0.05) is 31.5 Å². The van der Waals surface area contributed by atoms with Gasteiger partial charge < -0.3 is 14.4 Å². The Labute approximate surface area is 146 Å². The molecule has 1 fully saturated rings. The van der Waals surface area contributed by atoms with E-state index in [-0.39, 0.29) is 11.9 Å². The fraction of sp³-hybridized carbons (Fsp3) is 0.471. The van der Waals surface area contributed by atoms with Crippen molar-refractivity contribution >= 4 is 17.6 Å². The molecule has 1 aliphatic heterocycles. The van der Waals surface area contributed by atoms with Crippen molar-refractivity contribution in [2.75, 3.05) is 25.0 Å². The summed E-state index contributed by atoms with van der Waals surface area (Å²) in [6, 6.07) is 5.64. The van der Waals surface area contributed by atoms with Crippen LogP contribution in [0.2, 0.25) is 0 Å². The summed E-state index contributed by atoms with van der Waals surface area (Å²) >= 11 is 0. The normalized spacial score (nSPS) is 15.9. The molecule has 0 spiro atoms. The van der Waals surface area contributed by atoms with Crippen LogP contribution in [0.15, 0.2) is 28.9 Å². The van der Waals surface area contributed by atoms with Gasteiger partial charge in [0.15, 0.2) is 5.82 Å². The molecule has 0 radical (unpaired) electrons. The van der Waals surface area contributed by atoms with E-state index in [1.807, 2.05) is 29.9 Å². The lowest BCUT2D eigenvalue weighted by atomic mass is 10.1. The SMILES string of the molecule is Cc1cc(NC(=O)C(=O)NC[C@@H](c2cccn2C)N2CCCC2)no1. The molecule has 8 nitrogen and oxygen atoms in total. The summed E-state index contributed by atoms with van der Waals surface area (Å²) < 4.78 is 6.92. The smallest absolute Gasteiger partial charge is 0.314 e. The number of nitrogens with one attached hydrogen (secondary N) is 2. The van der Waals surface area contributed by atoms with Crippen molar-refractivity contribution in [3.63, 3.8) is 0 Å². The Morgan fingerprint density at radius 1 is 1.32 bits per heavy atom. The average Bonchev–Trinajstić information content (AvgIpc) is 3.32. The molecule has 0 aromatic carbocycles. The molecule has 2 amide bonds. The Hall–Kier alpha value is -2.61. The van der Waals surface area contributed by atoms with Crippen LogP contribution >= 0.6 is 0 Å². The maximum absolute atomic E-state index is 12.1.